The van der Waals surface area contributed by atoms with Gasteiger partial charge in [-0.25, -0.2) is 9.38 Å². The number of halogens is 2. The molecule has 114 valence electrons. The molecule has 1 saturated heterocycles. The Bertz CT molecular complexity index is 566. The molecular formula is C15H19ClFN3O. The van der Waals surface area contributed by atoms with E-state index in [0.29, 0.717) is 12.6 Å². The van der Waals surface area contributed by atoms with Gasteiger partial charge in [0.1, 0.15) is 5.82 Å². The lowest BCUT2D eigenvalue weighted by atomic mass is 10.1. The summed E-state index contributed by atoms with van der Waals surface area (Å²) in [5.41, 5.74) is 7.01. The van der Waals surface area contributed by atoms with Crippen LogP contribution in [0.25, 0.3) is 0 Å². The first-order valence-corrected chi connectivity index (χ1v) is 7.57. The maximum atomic E-state index is 13.5. The Morgan fingerprint density at radius 2 is 2.33 bits per heavy atom. The van der Waals surface area contributed by atoms with Gasteiger partial charge in [0.15, 0.2) is 5.96 Å². The Kier molecular flexibility index (Phi) is 4.04. The van der Waals surface area contributed by atoms with Crippen LogP contribution in [-0.2, 0) is 4.74 Å². The third kappa shape index (κ3) is 3.30. The highest BCUT2D eigenvalue weighted by atomic mass is 35.5. The summed E-state index contributed by atoms with van der Waals surface area (Å²) >= 11 is 5.70. The molecular weight excluding hydrogens is 293 g/mol. The van der Waals surface area contributed by atoms with Gasteiger partial charge in [-0.2, -0.15) is 0 Å². The minimum Gasteiger partial charge on any atom is -0.375 e. The van der Waals surface area contributed by atoms with Crippen molar-refractivity contribution in [3.05, 3.63) is 34.6 Å². The second-order valence-electron chi connectivity index (χ2n) is 5.70. The highest BCUT2D eigenvalue weighted by Crippen LogP contribution is 2.44. The number of hydrogen-bond donors (Lipinski definition) is 1. The quantitative estimate of drug-likeness (QED) is 0.674. The molecule has 1 aliphatic heterocycles. The minimum absolute atomic E-state index is 0.142. The van der Waals surface area contributed by atoms with Gasteiger partial charge >= 0.3 is 0 Å². The first-order chi connectivity index (χ1) is 10.0. The minimum atomic E-state index is -0.376. The summed E-state index contributed by atoms with van der Waals surface area (Å²) in [5.74, 6) is 0.430. The summed E-state index contributed by atoms with van der Waals surface area (Å²) in [6.07, 6.45) is 1.08. The summed E-state index contributed by atoms with van der Waals surface area (Å²) in [6, 6.07) is 5.09. The van der Waals surface area contributed by atoms with E-state index in [4.69, 9.17) is 22.1 Å². The predicted octanol–water partition coefficient (Wildman–Crippen LogP) is 2.37. The fraction of sp³-hybridized carbons (Fsp3) is 0.533. The molecule has 1 heterocycles. The molecule has 6 heteroatoms. The molecule has 1 saturated carbocycles. The van der Waals surface area contributed by atoms with Crippen molar-refractivity contribution in [3.8, 4) is 0 Å². The predicted molar refractivity (Wildman–Crippen MR) is 81.2 cm³/mol. The van der Waals surface area contributed by atoms with Crippen LogP contribution in [0, 0.1) is 5.82 Å². The van der Waals surface area contributed by atoms with Gasteiger partial charge in [0.2, 0.25) is 0 Å². The number of hydrogen-bond acceptors (Lipinski definition) is 2. The van der Waals surface area contributed by atoms with Gasteiger partial charge in [0.25, 0.3) is 0 Å². The molecule has 2 aliphatic rings. The van der Waals surface area contributed by atoms with Gasteiger partial charge in [-0.05, 0) is 31.0 Å². The molecule has 2 fully saturated rings. The highest BCUT2D eigenvalue weighted by molar-refractivity contribution is 6.30. The van der Waals surface area contributed by atoms with Gasteiger partial charge in [0, 0.05) is 19.0 Å². The zero-order valence-electron chi connectivity index (χ0n) is 11.9. The smallest absolute Gasteiger partial charge is 0.191 e. The third-order valence-corrected chi connectivity index (χ3v) is 4.30. The first-order valence-electron chi connectivity index (χ1n) is 7.19. The Morgan fingerprint density at radius 1 is 1.52 bits per heavy atom. The largest absolute Gasteiger partial charge is 0.375 e. The van der Waals surface area contributed by atoms with Crippen molar-refractivity contribution >= 4 is 17.6 Å². The van der Waals surface area contributed by atoms with Crippen molar-refractivity contribution in [2.24, 2.45) is 10.7 Å². The Labute approximate surface area is 128 Å². The number of nitrogens with two attached hydrogens (primary N) is 1. The van der Waals surface area contributed by atoms with Crippen LogP contribution >= 0.6 is 11.6 Å². The Balaban J connectivity index is 1.64. The number of aliphatic imine (C=N–C) groups is 1. The number of benzene rings is 1. The average molecular weight is 312 g/mol. The molecule has 0 amide bonds. The first kappa shape index (κ1) is 14.6. The van der Waals surface area contributed by atoms with Gasteiger partial charge in [-0.1, -0.05) is 17.7 Å². The highest BCUT2D eigenvalue weighted by Gasteiger charge is 2.39. The van der Waals surface area contributed by atoms with Crippen LogP contribution in [-0.4, -0.2) is 42.7 Å². The van der Waals surface area contributed by atoms with Crippen LogP contribution in [0.15, 0.2) is 23.2 Å². The molecule has 1 aromatic rings. The molecule has 3 rings (SSSR count). The number of ether oxygens (including phenoxy) is 1. The summed E-state index contributed by atoms with van der Waals surface area (Å²) < 4.78 is 19.0. The van der Waals surface area contributed by atoms with E-state index in [-0.39, 0.29) is 28.9 Å². The average Bonchev–Trinajstić information content (AvgIpc) is 3.21. The van der Waals surface area contributed by atoms with Crippen LogP contribution in [0.3, 0.4) is 0 Å². The molecule has 1 aliphatic carbocycles. The summed E-state index contributed by atoms with van der Waals surface area (Å²) in [7, 11) is 0. The maximum Gasteiger partial charge on any atom is 0.191 e. The van der Waals surface area contributed by atoms with Gasteiger partial charge in [-0.15, -0.1) is 0 Å². The molecule has 0 bridgehead atoms. The van der Waals surface area contributed by atoms with E-state index < -0.39 is 0 Å². The monoisotopic (exact) mass is 311 g/mol. The molecule has 1 unspecified atom stereocenters. The van der Waals surface area contributed by atoms with Crippen molar-refractivity contribution in [1.82, 2.24) is 4.90 Å². The number of nitrogens with zero attached hydrogens (tertiary/aromatic N) is 2. The molecule has 0 aromatic heterocycles. The maximum absolute atomic E-state index is 13.5. The fourth-order valence-electron chi connectivity index (χ4n) is 2.70. The molecule has 1 aromatic carbocycles. The number of guanidine groups is 1. The van der Waals surface area contributed by atoms with E-state index in [1.807, 2.05) is 17.9 Å². The fourth-order valence-corrected chi connectivity index (χ4v) is 2.82. The Morgan fingerprint density at radius 3 is 3.05 bits per heavy atom. The van der Waals surface area contributed by atoms with Gasteiger partial charge in [-0.3, -0.25) is 0 Å². The van der Waals surface area contributed by atoms with Crippen molar-refractivity contribution in [3.63, 3.8) is 0 Å². The second-order valence-corrected chi connectivity index (χ2v) is 6.11. The van der Waals surface area contributed by atoms with Crippen LogP contribution < -0.4 is 5.73 Å². The Hall–Kier alpha value is -1.33. The number of morpholine rings is 1. The van der Waals surface area contributed by atoms with Crippen molar-refractivity contribution in [2.75, 3.05) is 19.7 Å². The van der Waals surface area contributed by atoms with E-state index in [0.717, 1.165) is 25.1 Å². The van der Waals surface area contributed by atoms with E-state index in [1.165, 1.54) is 6.07 Å². The normalized spacial score (nSPS) is 29.6. The van der Waals surface area contributed by atoms with Gasteiger partial charge in [0.05, 0.1) is 23.8 Å². The van der Waals surface area contributed by atoms with Crippen molar-refractivity contribution < 1.29 is 9.13 Å². The van der Waals surface area contributed by atoms with Crippen LogP contribution in [0.4, 0.5) is 4.39 Å². The SMILES string of the molecule is CC1CN(C(N)=N[C@@H]2C[C@H]2c2ccc(Cl)c(F)c2)CCO1. The molecule has 2 N–H and O–H groups in total. The molecule has 0 radical (unpaired) electrons. The molecule has 0 spiro atoms. The lowest BCUT2D eigenvalue weighted by molar-refractivity contribution is 0.00528. The van der Waals surface area contributed by atoms with Crippen LogP contribution in [0.5, 0.6) is 0 Å². The lowest BCUT2D eigenvalue weighted by Crippen LogP contribution is -2.48. The summed E-state index contributed by atoms with van der Waals surface area (Å²) in [5, 5.41) is 0.154. The standard InChI is InChI=1S/C15H19ClFN3O/c1-9-8-20(4-5-21-9)15(18)19-14-7-11(14)10-2-3-12(16)13(17)6-10/h2-3,6,9,11,14H,4-5,7-8H2,1H3,(H2,18,19)/t9?,11-,14+/m0/s1. The van der Waals surface area contributed by atoms with E-state index in [2.05, 4.69) is 4.99 Å². The van der Waals surface area contributed by atoms with Crippen LogP contribution in [0.2, 0.25) is 5.02 Å². The van der Waals surface area contributed by atoms with Crippen LogP contribution in [0.1, 0.15) is 24.8 Å². The lowest BCUT2D eigenvalue weighted by Gasteiger charge is -2.31. The van der Waals surface area contributed by atoms with Crippen molar-refractivity contribution in [1.29, 1.82) is 0 Å². The topological polar surface area (TPSA) is 50.8 Å². The summed E-state index contributed by atoms with van der Waals surface area (Å²) in [4.78, 5) is 6.61. The van der Waals surface area contributed by atoms with Gasteiger partial charge < -0.3 is 15.4 Å². The zero-order chi connectivity index (χ0) is 15.0. The molecule has 3 atom stereocenters. The molecule has 4 nitrogen and oxygen atoms in total. The summed E-state index contributed by atoms with van der Waals surface area (Å²) in [6.45, 7) is 4.23. The molecule has 21 heavy (non-hydrogen) atoms. The number of rotatable bonds is 2. The van der Waals surface area contributed by atoms with Crippen molar-refractivity contribution in [2.45, 2.75) is 31.4 Å². The third-order valence-electron chi connectivity index (χ3n) is 3.99. The zero-order valence-corrected chi connectivity index (χ0v) is 12.7. The van der Waals surface area contributed by atoms with E-state index in [9.17, 15) is 4.39 Å². The second kappa shape index (κ2) is 5.81. The van der Waals surface area contributed by atoms with E-state index in [1.54, 1.807) is 6.07 Å². The van der Waals surface area contributed by atoms with E-state index >= 15 is 0 Å².